The highest BCUT2D eigenvalue weighted by atomic mass is 35.5. The van der Waals surface area contributed by atoms with Gasteiger partial charge in [-0.15, -0.1) is 0 Å². The molecule has 0 spiro atoms. The maximum atomic E-state index is 12.3. The van der Waals surface area contributed by atoms with Crippen molar-refractivity contribution >= 4 is 23.3 Å². The summed E-state index contributed by atoms with van der Waals surface area (Å²) in [6, 6.07) is 3.22. The first-order valence-corrected chi connectivity index (χ1v) is 6.81. The van der Waals surface area contributed by atoms with Crippen molar-refractivity contribution in [1.82, 2.24) is 9.88 Å². The second-order valence-corrected chi connectivity index (χ2v) is 4.50. The number of halogens is 1. The van der Waals surface area contributed by atoms with Gasteiger partial charge in [-0.2, -0.15) is 0 Å². The van der Waals surface area contributed by atoms with Crippen LogP contribution in [0.1, 0.15) is 30.6 Å². The maximum absolute atomic E-state index is 12.3. The van der Waals surface area contributed by atoms with E-state index in [9.17, 15) is 4.79 Å². The Kier molecular flexibility index (Phi) is 6.59. The summed E-state index contributed by atoms with van der Waals surface area (Å²) in [6.45, 7) is 5.51. The van der Waals surface area contributed by atoms with Crippen LogP contribution in [0.5, 0.6) is 0 Å². The van der Waals surface area contributed by atoms with Gasteiger partial charge in [-0.05, 0) is 25.5 Å². The number of aliphatic hydroxyl groups excluding tert-OH is 1. The van der Waals surface area contributed by atoms with Crippen LogP contribution in [0.4, 0.5) is 5.82 Å². The van der Waals surface area contributed by atoms with Gasteiger partial charge in [-0.1, -0.05) is 18.5 Å². The van der Waals surface area contributed by atoms with E-state index >= 15 is 0 Å². The second kappa shape index (κ2) is 7.96. The number of amides is 1. The molecular weight excluding hydrogens is 266 g/mol. The summed E-state index contributed by atoms with van der Waals surface area (Å²) in [4.78, 5) is 18.0. The van der Waals surface area contributed by atoms with Crippen molar-refractivity contribution in [2.24, 2.45) is 0 Å². The van der Waals surface area contributed by atoms with Crippen molar-refractivity contribution in [3.8, 4) is 0 Å². The summed E-state index contributed by atoms with van der Waals surface area (Å²) in [5.74, 6) is 0.443. The van der Waals surface area contributed by atoms with Crippen molar-refractivity contribution in [1.29, 1.82) is 0 Å². The third kappa shape index (κ3) is 4.69. The van der Waals surface area contributed by atoms with Gasteiger partial charge in [-0.25, -0.2) is 4.98 Å². The first-order valence-electron chi connectivity index (χ1n) is 6.44. The largest absolute Gasteiger partial charge is 0.395 e. The lowest BCUT2D eigenvalue weighted by molar-refractivity contribution is 0.0722. The predicted molar refractivity (Wildman–Crippen MR) is 76.7 cm³/mol. The lowest BCUT2D eigenvalue weighted by Gasteiger charge is -2.21. The molecule has 106 valence electrons. The summed E-state index contributed by atoms with van der Waals surface area (Å²) in [7, 11) is 0. The number of hydrogen-bond donors (Lipinski definition) is 2. The molecule has 6 heteroatoms. The monoisotopic (exact) mass is 285 g/mol. The fraction of sp³-hybridized carbons (Fsp3) is 0.538. The Morgan fingerprint density at radius 1 is 1.42 bits per heavy atom. The number of aromatic nitrogens is 1. The van der Waals surface area contributed by atoms with Crippen LogP contribution < -0.4 is 5.32 Å². The van der Waals surface area contributed by atoms with Crippen LogP contribution in [-0.4, -0.2) is 47.1 Å². The molecule has 0 unspecified atom stereocenters. The Bertz CT molecular complexity index is 420. The number of hydrogen-bond acceptors (Lipinski definition) is 4. The van der Waals surface area contributed by atoms with E-state index in [1.807, 2.05) is 13.8 Å². The van der Waals surface area contributed by atoms with Crippen molar-refractivity contribution in [2.75, 3.05) is 31.6 Å². The van der Waals surface area contributed by atoms with E-state index < -0.39 is 0 Å². The molecule has 0 fully saturated rings. The molecule has 0 saturated heterocycles. The molecule has 0 aromatic carbocycles. The molecule has 1 amide bonds. The number of nitrogens with zero attached hydrogens (tertiary/aromatic N) is 2. The third-order valence-electron chi connectivity index (χ3n) is 2.55. The number of pyridine rings is 1. The van der Waals surface area contributed by atoms with Gasteiger partial charge in [-0.3, -0.25) is 4.79 Å². The second-order valence-electron chi connectivity index (χ2n) is 4.11. The quantitative estimate of drug-likeness (QED) is 0.752. The molecule has 1 rings (SSSR count). The summed E-state index contributed by atoms with van der Waals surface area (Å²) in [5.41, 5.74) is 0.484. The normalized spacial score (nSPS) is 10.3. The summed E-state index contributed by atoms with van der Waals surface area (Å²) < 4.78 is 0. The van der Waals surface area contributed by atoms with Crippen molar-refractivity contribution in [2.45, 2.75) is 20.3 Å². The Morgan fingerprint density at radius 3 is 2.74 bits per heavy atom. The van der Waals surface area contributed by atoms with Crippen LogP contribution in [0.25, 0.3) is 0 Å². The molecule has 0 radical (unpaired) electrons. The number of anilines is 1. The highest BCUT2D eigenvalue weighted by molar-refractivity contribution is 6.29. The molecule has 1 aromatic rings. The molecule has 0 atom stereocenters. The minimum atomic E-state index is -0.139. The van der Waals surface area contributed by atoms with E-state index in [0.717, 1.165) is 6.42 Å². The topological polar surface area (TPSA) is 65.5 Å². The summed E-state index contributed by atoms with van der Waals surface area (Å²) in [5, 5.41) is 12.3. The molecule has 1 heterocycles. The average molecular weight is 286 g/mol. The van der Waals surface area contributed by atoms with Crippen LogP contribution in [0.2, 0.25) is 5.15 Å². The summed E-state index contributed by atoms with van der Waals surface area (Å²) >= 11 is 5.92. The van der Waals surface area contributed by atoms with E-state index in [1.165, 1.54) is 0 Å². The molecule has 5 nitrogen and oxygen atoms in total. The van der Waals surface area contributed by atoms with E-state index in [4.69, 9.17) is 16.7 Å². The molecule has 0 bridgehead atoms. The molecule has 0 aliphatic heterocycles. The first kappa shape index (κ1) is 15.7. The van der Waals surface area contributed by atoms with Crippen LogP contribution in [0.15, 0.2) is 12.1 Å². The Morgan fingerprint density at radius 2 is 2.16 bits per heavy atom. The van der Waals surface area contributed by atoms with Gasteiger partial charge in [0.1, 0.15) is 11.0 Å². The first-order chi connectivity index (χ1) is 9.12. The standard InChI is InChI=1S/C13H20ClN3O2/c1-3-5-17(6-7-18)13(19)10-8-11(14)16-12(9-10)15-4-2/h8-9,18H,3-7H2,1-2H3,(H,15,16). The molecule has 19 heavy (non-hydrogen) atoms. The van der Waals surface area contributed by atoms with Gasteiger partial charge in [0.15, 0.2) is 0 Å². The molecule has 0 saturated carbocycles. The highest BCUT2D eigenvalue weighted by Gasteiger charge is 2.16. The fourth-order valence-electron chi connectivity index (χ4n) is 1.78. The van der Waals surface area contributed by atoms with E-state index in [1.54, 1.807) is 17.0 Å². The van der Waals surface area contributed by atoms with E-state index in [-0.39, 0.29) is 17.7 Å². The number of carbonyl (C=O) groups excluding carboxylic acids is 1. The van der Waals surface area contributed by atoms with Crippen molar-refractivity contribution in [3.05, 3.63) is 22.8 Å². The fourth-order valence-corrected chi connectivity index (χ4v) is 1.99. The lowest BCUT2D eigenvalue weighted by Crippen LogP contribution is -2.34. The van der Waals surface area contributed by atoms with Gasteiger partial charge in [0.25, 0.3) is 5.91 Å². The van der Waals surface area contributed by atoms with Crippen LogP contribution >= 0.6 is 11.6 Å². The lowest BCUT2D eigenvalue weighted by atomic mass is 10.2. The Labute approximate surface area is 118 Å². The zero-order chi connectivity index (χ0) is 14.3. The minimum absolute atomic E-state index is 0.0510. The SMILES string of the molecule is CCCN(CCO)C(=O)c1cc(Cl)nc(NCC)c1. The Balaban J connectivity index is 2.95. The number of rotatable bonds is 7. The zero-order valence-electron chi connectivity index (χ0n) is 11.3. The maximum Gasteiger partial charge on any atom is 0.254 e. The van der Waals surface area contributed by atoms with Gasteiger partial charge in [0.05, 0.1) is 6.61 Å². The van der Waals surface area contributed by atoms with Crippen molar-refractivity contribution in [3.63, 3.8) is 0 Å². The van der Waals surface area contributed by atoms with Crippen molar-refractivity contribution < 1.29 is 9.90 Å². The molecule has 1 aromatic heterocycles. The van der Waals surface area contributed by atoms with Crippen LogP contribution in [0, 0.1) is 0 Å². The zero-order valence-corrected chi connectivity index (χ0v) is 12.1. The Hall–Kier alpha value is -1.33. The van der Waals surface area contributed by atoms with Crippen LogP contribution in [0.3, 0.4) is 0 Å². The molecule has 0 aliphatic rings. The predicted octanol–water partition coefficient (Wildman–Crippen LogP) is 2.01. The smallest absolute Gasteiger partial charge is 0.254 e. The molecular formula is C13H20ClN3O2. The highest BCUT2D eigenvalue weighted by Crippen LogP contribution is 2.16. The average Bonchev–Trinajstić information content (AvgIpc) is 2.37. The van der Waals surface area contributed by atoms with Gasteiger partial charge in [0.2, 0.25) is 0 Å². The van der Waals surface area contributed by atoms with Gasteiger partial charge in [0, 0.05) is 25.2 Å². The number of carbonyl (C=O) groups is 1. The van der Waals surface area contributed by atoms with E-state index in [2.05, 4.69) is 10.3 Å². The molecule has 2 N–H and O–H groups in total. The van der Waals surface area contributed by atoms with Gasteiger partial charge < -0.3 is 15.3 Å². The minimum Gasteiger partial charge on any atom is -0.395 e. The molecule has 0 aliphatic carbocycles. The van der Waals surface area contributed by atoms with E-state index in [0.29, 0.717) is 31.0 Å². The number of aliphatic hydroxyl groups is 1. The summed E-state index contributed by atoms with van der Waals surface area (Å²) in [6.07, 6.45) is 0.838. The van der Waals surface area contributed by atoms with Gasteiger partial charge >= 0.3 is 0 Å². The van der Waals surface area contributed by atoms with Crippen LogP contribution in [-0.2, 0) is 0 Å². The number of nitrogens with one attached hydrogen (secondary N) is 1. The third-order valence-corrected chi connectivity index (χ3v) is 2.74.